The minimum atomic E-state index is -0.101. The summed E-state index contributed by atoms with van der Waals surface area (Å²) in [5, 5.41) is 0. The summed E-state index contributed by atoms with van der Waals surface area (Å²) in [4.78, 5) is 11.9. The summed E-state index contributed by atoms with van der Waals surface area (Å²) in [7, 11) is 0. The van der Waals surface area contributed by atoms with E-state index in [4.69, 9.17) is 0 Å². The summed E-state index contributed by atoms with van der Waals surface area (Å²) in [6.07, 6.45) is 6.51. The van der Waals surface area contributed by atoms with Crippen molar-refractivity contribution in [2.45, 2.75) is 53.4 Å². The zero-order valence-corrected chi connectivity index (χ0v) is 10.4. The Kier molecular flexibility index (Phi) is 2.33. The van der Waals surface area contributed by atoms with Crippen molar-refractivity contribution in [2.24, 2.45) is 16.7 Å². The van der Waals surface area contributed by atoms with Gasteiger partial charge in [-0.3, -0.25) is 4.79 Å². The van der Waals surface area contributed by atoms with Gasteiger partial charge >= 0.3 is 0 Å². The summed E-state index contributed by atoms with van der Waals surface area (Å²) in [5.41, 5.74) is 1.72. The lowest BCUT2D eigenvalue weighted by molar-refractivity contribution is -0.129. The molecule has 0 saturated heterocycles. The van der Waals surface area contributed by atoms with Crippen LogP contribution in [0.15, 0.2) is 11.6 Å². The Morgan fingerprint density at radius 2 is 1.93 bits per heavy atom. The molecule has 1 atom stereocenters. The monoisotopic (exact) mass is 206 g/mol. The maximum Gasteiger partial charge on any atom is 0.142 e. The second-order valence-electron chi connectivity index (χ2n) is 6.55. The number of carbonyl (C=O) groups excluding carboxylic acids is 1. The normalized spacial score (nSPS) is 33.2. The Hall–Kier alpha value is -0.590. The first-order chi connectivity index (χ1) is 6.83. The molecule has 1 unspecified atom stereocenters. The SMILES string of the molecule is CC1(C)CC2C(=CCCC2(C)C)CC1=O. The van der Waals surface area contributed by atoms with Gasteiger partial charge in [-0.2, -0.15) is 0 Å². The number of carbonyl (C=O) groups is 1. The third kappa shape index (κ3) is 1.77. The minimum Gasteiger partial charge on any atom is -0.299 e. The van der Waals surface area contributed by atoms with E-state index < -0.39 is 0 Å². The molecule has 2 aliphatic carbocycles. The molecule has 0 aromatic heterocycles. The van der Waals surface area contributed by atoms with Gasteiger partial charge in [0.15, 0.2) is 0 Å². The molecule has 0 aromatic carbocycles. The van der Waals surface area contributed by atoms with Crippen LogP contribution in [0.5, 0.6) is 0 Å². The molecule has 0 spiro atoms. The average Bonchev–Trinajstić information content (AvgIpc) is 2.08. The van der Waals surface area contributed by atoms with E-state index in [2.05, 4.69) is 33.8 Å². The van der Waals surface area contributed by atoms with Gasteiger partial charge in [-0.05, 0) is 30.6 Å². The number of hydrogen-bond donors (Lipinski definition) is 0. The third-order valence-corrected chi connectivity index (χ3v) is 4.42. The summed E-state index contributed by atoms with van der Waals surface area (Å²) < 4.78 is 0. The molecule has 0 aliphatic heterocycles. The van der Waals surface area contributed by atoms with Crippen molar-refractivity contribution in [2.75, 3.05) is 0 Å². The molecule has 0 bridgehead atoms. The van der Waals surface area contributed by atoms with Crippen molar-refractivity contribution >= 4 is 5.78 Å². The molecule has 2 aliphatic rings. The Morgan fingerprint density at radius 3 is 2.60 bits per heavy atom. The first-order valence-electron chi connectivity index (χ1n) is 6.05. The lowest BCUT2D eigenvalue weighted by atomic mass is 9.57. The third-order valence-electron chi connectivity index (χ3n) is 4.42. The molecule has 1 fully saturated rings. The Bertz CT molecular complexity index is 320. The highest BCUT2D eigenvalue weighted by molar-refractivity contribution is 5.87. The Morgan fingerprint density at radius 1 is 1.27 bits per heavy atom. The number of Topliss-reactive ketones (excluding diaryl/α,β-unsaturated/α-hetero) is 1. The first-order valence-corrected chi connectivity index (χ1v) is 6.05. The smallest absolute Gasteiger partial charge is 0.142 e. The Labute approximate surface area is 92.9 Å². The fourth-order valence-electron chi connectivity index (χ4n) is 3.10. The van der Waals surface area contributed by atoms with Gasteiger partial charge in [-0.1, -0.05) is 39.3 Å². The molecule has 0 heterocycles. The van der Waals surface area contributed by atoms with Crippen LogP contribution in [0.25, 0.3) is 0 Å². The molecule has 0 N–H and O–H groups in total. The summed E-state index contributed by atoms with van der Waals surface area (Å²) in [6.45, 7) is 8.93. The van der Waals surface area contributed by atoms with Crippen LogP contribution in [0.4, 0.5) is 0 Å². The van der Waals surface area contributed by atoms with E-state index in [1.807, 2.05) is 0 Å². The largest absolute Gasteiger partial charge is 0.299 e. The second-order valence-corrected chi connectivity index (χ2v) is 6.55. The highest BCUT2D eigenvalue weighted by Gasteiger charge is 2.44. The summed E-state index contributed by atoms with van der Waals surface area (Å²) >= 11 is 0. The molecule has 1 nitrogen and oxygen atoms in total. The number of rotatable bonds is 0. The van der Waals surface area contributed by atoms with Gasteiger partial charge in [-0.15, -0.1) is 0 Å². The first kappa shape index (κ1) is 10.9. The van der Waals surface area contributed by atoms with Crippen LogP contribution < -0.4 is 0 Å². The van der Waals surface area contributed by atoms with Gasteiger partial charge < -0.3 is 0 Å². The lowest BCUT2D eigenvalue weighted by Gasteiger charge is -2.46. The van der Waals surface area contributed by atoms with E-state index >= 15 is 0 Å². The van der Waals surface area contributed by atoms with Gasteiger partial charge in [0.25, 0.3) is 0 Å². The number of allylic oxidation sites excluding steroid dienone is 2. The number of hydrogen-bond acceptors (Lipinski definition) is 1. The molecular weight excluding hydrogens is 184 g/mol. The fraction of sp³-hybridized carbons (Fsp3) is 0.786. The zero-order chi connectivity index (χ0) is 11.3. The van der Waals surface area contributed by atoms with E-state index in [9.17, 15) is 4.79 Å². The number of ketones is 1. The summed E-state index contributed by atoms with van der Waals surface area (Å²) in [6, 6.07) is 0. The molecule has 0 radical (unpaired) electrons. The van der Waals surface area contributed by atoms with Crippen molar-refractivity contribution in [1.82, 2.24) is 0 Å². The second kappa shape index (κ2) is 3.20. The molecule has 0 amide bonds. The van der Waals surface area contributed by atoms with E-state index in [1.165, 1.54) is 12.0 Å². The zero-order valence-electron chi connectivity index (χ0n) is 10.4. The van der Waals surface area contributed by atoms with Crippen molar-refractivity contribution in [3.05, 3.63) is 11.6 Å². The van der Waals surface area contributed by atoms with E-state index in [-0.39, 0.29) is 5.41 Å². The fourth-order valence-corrected chi connectivity index (χ4v) is 3.10. The number of fused-ring (bicyclic) bond motifs is 1. The van der Waals surface area contributed by atoms with Crippen LogP contribution in [-0.4, -0.2) is 5.78 Å². The maximum atomic E-state index is 11.9. The molecule has 84 valence electrons. The van der Waals surface area contributed by atoms with Crippen LogP contribution in [0.1, 0.15) is 53.4 Å². The molecule has 0 aromatic rings. The quantitative estimate of drug-likeness (QED) is 0.552. The van der Waals surface area contributed by atoms with Gasteiger partial charge in [0, 0.05) is 11.8 Å². The van der Waals surface area contributed by atoms with Gasteiger partial charge in [0.2, 0.25) is 0 Å². The van der Waals surface area contributed by atoms with Gasteiger partial charge in [0.05, 0.1) is 0 Å². The Balaban J connectivity index is 2.32. The predicted molar refractivity (Wildman–Crippen MR) is 62.6 cm³/mol. The lowest BCUT2D eigenvalue weighted by Crippen LogP contribution is -2.41. The highest BCUT2D eigenvalue weighted by Crippen LogP contribution is 2.51. The topological polar surface area (TPSA) is 17.1 Å². The minimum absolute atomic E-state index is 0.101. The molecular formula is C14H22O. The summed E-state index contributed by atoms with van der Waals surface area (Å²) in [5.74, 6) is 1.07. The van der Waals surface area contributed by atoms with Crippen LogP contribution in [0, 0.1) is 16.7 Å². The van der Waals surface area contributed by atoms with Crippen molar-refractivity contribution < 1.29 is 4.79 Å². The van der Waals surface area contributed by atoms with E-state index in [0.29, 0.717) is 23.5 Å². The van der Waals surface area contributed by atoms with Gasteiger partial charge in [-0.25, -0.2) is 0 Å². The van der Waals surface area contributed by atoms with Crippen molar-refractivity contribution in [3.8, 4) is 0 Å². The average molecular weight is 206 g/mol. The molecule has 1 saturated carbocycles. The molecule has 2 rings (SSSR count). The van der Waals surface area contributed by atoms with Crippen molar-refractivity contribution in [3.63, 3.8) is 0 Å². The maximum absolute atomic E-state index is 11.9. The standard InChI is InChI=1S/C14H22O/c1-13(2)7-5-6-10-8-12(15)14(3,4)9-11(10)13/h6,11H,5,7-9H2,1-4H3. The van der Waals surface area contributed by atoms with E-state index in [1.54, 1.807) is 0 Å². The van der Waals surface area contributed by atoms with Gasteiger partial charge in [0.1, 0.15) is 5.78 Å². The molecule has 1 heteroatoms. The van der Waals surface area contributed by atoms with Crippen LogP contribution in [-0.2, 0) is 4.79 Å². The van der Waals surface area contributed by atoms with Crippen molar-refractivity contribution in [1.29, 1.82) is 0 Å². The predicted octanol–water partition coefficient (Wildman–Crippen LogP) is 3.74. The van der Waals surface area contributed by atoms with Crippen LogP contribution in [0.3, 0.4) is 0 Å². The van der Waals surface area contributed by atoms with Crippen LogP contribution in [0.2, 0.25) is 0 Å². The molecule has 15 heavy (non-hydrogen) atoms. The van der Waals surface area contributed by atoms with Crippen LogP contribution >= 0.6 is 0 Å². The van der Waals surface area contributed by atoms with E-state index in [0.717, 1.165) is 12.8 Å². The highest BCUT2D eigenvalue weighted by atomic mass is 16.1.